The number of nitrogens with zero attached hydrogens (tertiary/aromatic N) is 1. The number of nitrogens with one attached hydrogen (secondary N) is 1. The normalized spacial score (nSPS) is 9.95. The van der Waals surface area contributed by atoms with Crippen molar-refractivity contribution in [2.45, 2.75) is 6.61 Å². The fraction of sp³-hybridized carbons (Fsp3) is 0.0714. The predicted molar refractivity (Wildman–Crippen MR) is 80.5 cm³/mol. The summed E-state index contributed by atoms with van der Waals surface area (Å²) in [5, 5.41) is 13.7. The Morgan fingerprint density at radius 3 is 2.57 bits per heavy atom. The second-order valence-corrected chi connectivity index (χ2v) is 4.46. The number of para-hydroxylation sites is 1. The van der Waals surface area contributed by atoms with Gasteiger partial charge in [-0.1, -0.05) is 12.1 Å². The molecular formula is C14H11FN2O3S. The topological polar surface area (TPSA) is 64.4 Å². The first kappa shape index (κ1) is 14.9. The average Bonchev–Trinajstić information content (AvgIpc) is 2.48. The Kier molecular flexibility index (Phi) is 4.78. The third-order valence-electron chi connectivity index (χ3n) is 2.64. The van der Waals surface area contributed by atoms with Gasteiger partial charge in [-0.05, 0) is 42.5 Å². The maximum atomic E-state index is 12.8. The van der Waals surface area contributed by atoms with Gasteiger partial charge in [0.05, 0.1) is 10.5 Å². The van der Waals surface area contributed by atoms with Crippen LogP contribution in [0.15, 0.2) is 48.5 Å². The van der Waals surface area contributed by atoms with Gasteiger partial charge in [0.1, 0.15) is 12.4 Å². The predicted octanol–water partition coefficient (Wildman–Crippen LogP) is 3.65. The largest absolute Gasteiger partial charge is 0.466 e. The van der Waals surface area contributed by atoms with E-state index in [9.17, 15) is 14.5 Å². The molecule has 0 aliphatic rings. The summed E-state index contributed by atoms with van der Waals surface area (Å²) in [6.07, 6.45) is 0. The van der Waals surface area contributed by atoms with Crippen LogP contribution in [0.4, 0.5) is 15.8 Å². The molecule has 0 radical (unpaired) electrons. The first-order chi connectivity index (χ1) is 10.1. The van der Waals surface area contributed by atoms with Gasteiger partial charge in [0.25, 0.3) is 10.9 Å². The molecule has 0 unspecified atom stereocenters. The molecule has 7 heteroatoms. The molecule has 0 bridgehead atoms. The van der Waals surface area contributed by atoms with E-state index in [2.05, 4.69) is 5.32 Å². The summed E-state index contributed by atoms with van der Waals surface area (Å²) in [6.45, 7) is -0.0236. The molecule has 1 N–H and O–H groups in total. The molecule has 2 rings (SSSR count). The molecule has 0 saturated heterocycles. The summed E-state index contributed by atoms with van der Waals surface area (Å²) in [6, 6.07) is 11.8. The molecule has 0 aromatic heterocycles. The smallest absolute Gasteiger partial charge is 0.276 e. The van der Waals surface area contributed by atoms with Crippen LogP contribution in [0.3, 0.4) is 0 Å². The van der Waals surface area contributed by atoms with Gasteiger partial charge in [0.15, 0.2) is 0 Å². The highest BCUT2D eigenvalue weighted by atomic mass is 32.1. The van der Waals surface area contributed by atoms with E-state index in [4.69, 9.17) is 17.0 Å². The first-order valence-corrected chi connectivity index (χ1v) is 6.39. The second kappa shape index (κ2) is 6.76. The molecule has 0 saturated carbocycles. The molecule has 108 valence electrons. The fourth-order valence-corrected chi connectivity index (χ4v) is 1.82. The van der Waals surface area contributed by atoms with Crippen molar-refractivity contribution in [3.05, 3.63) is 70.0 Å². The van der Waals surface area contributed by atoms with Crippen LogP contribution in [0.2, 0.25) is 0 Å². The zero-order chi connectivity index (χ0) is 15.2. The van der Waals surface area contributed by atoms with Crippen molar-refractivity contribution in [2.75, 3.05) is 5.32 Å². The van der Waals surface area contributed by atoms with Crippen molar-refractivity contribution in [3.63, 3.8) is 0 Å². The van der Waals surface area contributed by atoms with Crippen LogP contribution in [0.25, 0.3) is 0 Å². The van der Waals surface area contributed by atoms with Crippen LogP contribution >= 0.6 is 12.2 Å². The van der Waals surface area contributed by atoms with Gasteiger partial charge in [0.2, 0.25) is 0 Å². The molecule has 0 fully saturated rings. The molecule has 0 spiro atoms. The van der Waals surface area contributed by atoms with Crippen molar-refractivity contribution in [1.82, 2.24) is 0 Å². The number of anilines is 1. The Labute approximate surface area is 125 Å². The SMILES string of the molecule is O=[N+]([O-])c1ccccc1COC(=S)Nc1ccc(F)cc1. The molecule has 0 heterocycles. The van der Waals surface area contributed by atoms with Gasteiger partial charge in [-0.15, -0.1) is 0 Å². The minimum absolute atomic E-state index is 0.0236. The van der Waals surface area contributed by atoms with Crippen LogP contribution in [0, 0.1) is 15.9 Å². The van der Waals surface area contributed by atoms with Crippen molar-refractivity contribution in [1.29, 1.82) is 0 Å². The minimum atomic E-state index is -0.477. The van der Waals surface area contributed by atoms with E-state index < -0.39 is 4.92 Å². The summed E-state index contributed by atoms with van der Waals surface area (Å²) in [4.78, 5) is 10.4. The maximum absolute atomic E-state index is 12.8. The maximum Gasteiger partial charge on any atom is 0.276 e. The number of hydrogen-bond acceptors (Lipinski definition) is 4. The summed E-state index contributed by atoms with van der Waals surface area (Å²) < 4.78 is 18.0. The zero-order valence-corrected chi connectivity index (χ0v) is 11.6. The van der Waals surface area contributed by atoms with Gasteiger partial charge in [-0.2, -0.15) is 0 Å². The first-order valence-electron chi connectivity index (χ1n) is 5.98. The Balaban J connectivity index is 1.95. The van der Waals surface area contributed by atoms with E-state index in [0.717, 1.165) is 0 Å². The van der Waals surface area contributed by atoms with Crippen LogP contribution in [0.1, 0.15) is 5.56 Å². The number of benzene rings is 2. The van der Waals surface area contributed by atoms with Crippen molar-refractivity contribution >= 4 is 28.8 Å². The van der Waals surface area contributed by atoms with Crippen LogP contribution < -0.4 is 5.32 Å². The lowest BCUT2D eigenvalue weighted by molar-refractivity contribution is -0.385. The molecule has 0 atom stereocenters. The molecule has 0 aliphatic carbocycles. The summed E-state index contributed by atoms with van der Waals surface area (Å²) >= 11 is 4.98. The summed E-state index contributed by atoms with van der Waals surface area (Å²) in [7, 11) is 0. The lowest BCUT2D eigenvalue weighted by Gasteiger charge is -2.10. The fourth-order valence-electron chi connectivity index (χ4n) is 1.64. The lowest BCUT2D eigenvalue weighted by atomic mass is 10.2. The summed E-state index contributed by atoms with van der Waals surface area (Å²) in [5.41, 5.74) is 0.969. The zero-order valence-electron chi connectivity index (χ0n) is 10.8. The van der Waals surface area contributed by atoms with Gasteiger partial charge >= 0.3 is 0 Å². The number of nitro benzene ring substituents is 1. The molecule has 21 heavy (non-hydrogen) atoms. The van der Waals surface area contributed by atoms with Gasteiger partial charge in [-0.3, -0.25) is 10.1 Å². The molecule has 5 nitrogen and oxygen atoms in total. The van der Waals surface area contributed by atoms with E-state index in [1.807, 2.05) is 0 Å². The third-order valence-corrected chi connectivity index (χ3v) is 2.86. The quantitative estimate of drug-likeness (QED) is 0.530. The van der Waals surface area contributed by atoms with E-state index >= 15 is 0 Å². The molecule has 0 amide bonds. The van der Waals surface area contributed by atoms with Crippen molar-refractivity contribution in [3.8, 4) is 0 Å². The number of halogens is 1. The van der Waals surface area contributed by atoms with Gasteiger partial charge in [-0.25, -0.2) is 4.39 Å². The number of nitro groups is 1. The van der Waals surface area contributed by atoms with Crippen LogP contribution in [-0.4, -0.2) is 10.1 Å². The number of rotatable bonds is 4. The average molecular weight is 306 g/mol. The highest BCUT2D eigenvalue weighted by molar-refractivity contribution is 7.80. The number of thiocarbonyl (C=S) groups is 1. The Hall–Kier alpha value is -2.54. The van der Waals surface area contributed by atoms with Gasteiger partial charge < -0.3 is 10.1 Å². The Morgan fingerprint density at radius 1 is 1.24 bits per heavy atom. The lowest BCUT2D eigenvalue weighted by Crippen LogP contribution is -2.13. The molecule has 2 aromatic carbocycles. The van der Waals surface area contributed by atoms with Gasteiger partial charge in [0, 0.05) is 11.8 Å². The van der Waals surface area contributed by atoms with Crippen molar-refractivity contribution < 1.29 is 14.1 Å². The van der Waals surface area contributed by atoms with Crippen LogP contribution in [-0.2, 0) is 11.3 Å². The van der Waals surface area contributed by atoms with E-state index in [-0.39, 0.29) is 23.3 Å². The monoisotopic (exact) mass is 306 g/mol. The summed E-state index contributed by atoms with van der Waals surface area (Å²) in [5.74, 6) is -0.354. The Morgan fingerprint density at radius 2 is 1.90 bits per heavy atom. The molecule has 0 aliphatic heterocycles. The van der Waals surface area contributed by atoms with E-state index in [1.165, 1.54) is 30.3 Å². The highest BCUT2D eigenvalue weighted by Crippen LogP contribution is 2.18. The molecular weight excluding hydrogens is 295 g/mol. The highest BCUT2D eigenvalue weighted by Gasteiger charge is 2.13. The Bertz CT molecular complexity index is 662. The van der Waals surface area contributed by atoms with E-state index in [1.54, 1.807) is 18.2 Å². The number of hydrogen-bond donors (Lipinski definition) is 1. The van der Waals surface area contributed by atoms with E-state index in [0.29, 0.717) is 11.3 Å². The molecule has 2 aromatic rings. The second-order valence-electron chi connectivity index (χ2n) is 4.09. The standard InChI is InChI=1S/C14H11FN2O3S/c15-11-5-7-12(8-6-11)16-14(21)20-9-10-3-1-2-4-13(10)17(18)19/h1-8H,9H2,(H,16,21). The minimum Gasteiger partial charge on any atom is -0.466 e. The van der Waals surface area contributed by atoms with Crippen molar-refractivity contribution in [2.24, 2.45) is 0 Å². The third kappa shape index (κ3) is 4.22. The number of ether oxygens (including phenoxy) is 1. The van der Waals surface area contributed by atoms with Crippen LogP contribution in [0.5, 0.6) is 0 Å².